The van der Waals surface area contributed by atoms with Gasteiger partial charge in [-0.2, -0.15) is 0 Å². The molecule has 1 aliphatic rings. The molecule has 1 fully saturated rings. The highest BCUT2D eigenvalue weighted by Crippen LogP contribution is 2.32. The maximum Gasteiger partial charge on any atom is 0.247 e. The molecule has 2 amide bonds. The molecule has 0 radical (unpaired) electrons. The van der Waals surface area contributed by atoms with Gasteiger partial charge in [-0.05, 0) is 43.3 Å². The van der Waals surface area contributed by atoms with Gasteiger partial charge < -0.3 is 10.1 Å². The molecule has 3 rings (SSSR count). The third-order valence-corrected chi connectivity index (χ3v) is 4.85. The normalized spacial score (nSPS) is 16.7. The fourth-order valence-corrected chi connectivity index (χ4v) is 3.63. The van der Waals surface area contributed by atoms with Crippen LogP contribution in [0.4, 0.5) is 11.4 Å². The van der Waals surface area contributed by atoms with Crippen molar-refractivity contribution in [3.63, 3.8) is 0 Å². The van der Waals surface area contributed by atoms with Crippen LogP contribution in [-0.2, 0) is 9.59 Å². The largest absolute Gasteiger partial charge is 0.494 e. The van der Waals surface area contributed by atoms with Crippen LogP contribution in [0.1, 0.15) is 13.3 Å². The number of thioether (sulfide) groups is 1. The molecule has 1 aliphatic heterocycles. The standard InChI is InChI=1S/C19H19N3O3S/c1-2-25-15-10-8-13(9-11-15)21-17(23)12-16-18(24)22(19(20)26-16)14-6-4-3-5-7-14/h3-11,16,20H,2,12H2,1H3,(H,21,23)/t16-/m1/s1. The molecule has 0 aromatic heterocycles. The average molecular weight is 369 g/mol. The Kier molecular flexibility index (Phi) is 5.58. The van der Waals surface area contributed by atoms with Crippen LogP contribution in [0.2, 0.25) is 0 Å². The van der Waals surface area contributed by atoms with Crippen molar-refractivity contribution in [2.45, 2.75) is 18.6 Å². The van der Waals surface area contributed by atoms with Crippen molar-refractivity contribution in [2.24, 2.45) is 0 Å². The Morgan fingerprint density at radius 2 is 1.88 bits per heavy atom. The SMILES string of the molecule is CCOc1ccc(NC(=O)C[C@H]2SC(=N)N(c3ccccc3)C2=O)cc1. The highest BCUT2D eigenvalue weighted by atomic mass is 32.2. The summed E-state index contributed by atoms with van der Waals surface area (Å²) < 4.78 is 5.36. The average Bonchev–Trinajstić information content (AvgIpc) is 2.91. The monoisotopic (exact) mass is 369 g/mol. The van der Waals surface area contributed by atoms with Crippen LogP contribution >= 0.6 is 11.8 Å². The molecule has 2 N–H and O–H groups in total. The molecule has 1 atom stereocenters. The molecule has 6 nitrogen and oxygen atoms in total. The first-order valence-corrected chi connectivity index (χ1v) is 9.13. The Labute approximate surface area is 156 Å². The first-order chi connectivity index (χ1) is 12.6. The first kappa shape index (κ1) is 18.0. The molecular formula is C19H19N3O3S. The maximum atomic E-state index is 12.6. The number of hydrogen-bond acceptors (Lipinski definition) is 5. The Bertz CT molecular complexity index is 809. The molecule has 0 spiro atoms. The molecule has 0 bridgehead atoms. The van der Waals surface area contributed by atoms with Crippen LogP contribution < -0.4 is 15.0 Å². The molecule has 0 unspecified atom stereocenters. The van der Waals surface area contributed by atoms with Crippen molar-refractivity contribution in [1.29, 1.82) is 5.41 Å². The molecule has 2 aromatic carbocycles. The van der Waals surface area contributed by atoms with Gasteiger partial charge in [0, 0.05) is 12.1 Å². The highest BCUT2D eigenvalue weighted by Gasteiger charge is 2.39. The van der Waals surface area contributed by atoms with E-state index < -0.39 is 5.25 Å². The van der Waals surface area contributed by atoms with Gasteiger partial charge in [0.05, 0.1) is 12.3 Å². The fraction of sp³-hybridized carbons (Fsp3) is 0.211. The predicted molar refractivity (Wildman–Crippen MR) is 104 cm³/mol. The summed E-state index contributed by atoms with van der Waals surface area (Å²) in [5.41, 5.74) is 1.29. The summed E-state index contributed by atoms with van der Waals surface area (Å²) in [6, 6.07) is 16.1. The lowest BCUT2D eigenvalue weighted by atomic mass is 10.2. The van der Waals surface area contributed by atoms with Gasteiger partial charge >= 0.3 is 0 Å². The Morgan fingerprint density at radius 1 is 1.19 bits per heavy atom. The third kappa shape index (κ3) is 4.05. The van der Waals surface area contributed by atoms with E-state index in [1.54, 1.807) is 36.4 Å². The highest BCUT2D eigenvalue weighted by molar-refractivity contribution is 8.16. The van der Waals surface area contributed by atoms with Crippen molar-refractivity contribution in [3.8, 4) is 5.75 Å². The predicted octanol–water partition coefficient (Wildman–Crippen LogP) is 3.50. The smallest absolute Gasteiger partial charge is 0.247 e. The molecule has 0 aliphatic carbocycles. The number of amides is 2. The van der Waals surface area contributed by atoms with Gasteiger partial charge in [-0.1, -0.05) is 30.0 Å². The zero-order chi connectivity index (χ0) is 18.5. The van der Waals surface area contributed by atoms with E-state index in [-0.39, 0.29) is 23.4 Å². The lowest BCUT2D eigenvalue weighted by molar-refractivity contribution is -0.121. The number of para-hydroxylation sites is 1. The number of amidine groups is 1. The van der Waals surface area contributed by atoms with E-state index in [0.717, 1.165) is 17.5 Å². The number of nitrogens with one attached hydrogen (secondary N) is 2. The molecule has 26 heavy (non-hydrogen) atoms. The van der Waals surface area contributed by atoms with Crippen molar-refractivity contribution in [2.75, 3.05) is 16.8 Å². The maximum absolute atomic E-state index is 12.6. The van der Waals surface area contributed by atoms with Crippen LogP contribution in [0.25, 0.3) is 0 Å². The fourth-order valence-electron chi connectivity index (χ4n) is 2.61. The van der Waals surface area contributed by atoms with Crippen LogP contribution in [0, 0.1) is 5.41 Å². The molecule has 134 valence electrons. The van der Waals surface area contributed by atoms with E-state index in [1.165, 1.54) is 4.90 Å². The van der Waals surface area contributed by atoms with E-state index in [0.29, 0.717) is 18.0 Å². The zero-order valence-electron chi connectivity index (χ0n) is 14.3. The van der Waals surface area contributed by atoms with Crippen molar-refractivity contribution in [1.82, 2.24) is 0 Å². The van der Waals surface area contributed by atoms with Crippen molar-refractivity contribution >= 4 is 40.1 Å². The molecule has 1 heterocycles. The van der Waals surface area contributed by atoms with Crippen molar-refractivity contribution in [3.05, 3.63) is 54.6 Å². The summed E-state index contributed by atoms with van der Waals surface area (Å²) in [5, 5.41) is 10.4. The first-order valence-electron chi connectivity index (χ1n) is 8.25. The van der Waals surface area contributed by atoms with E-state index in [4.69, 9.17) is 10.1 Å². The van der Waals surface area contributed by atoms with Crippen LogP contribution in [0.3, 0.4) is 0 Å². The van der Waals surface area contributed by atoms with E-state index in [2.05, 4.69) is 5.32 Å². The van der Waals surface area contributed by atoms with Gasteiger partial charge in [-0.3, -0.25) is 19.9 Å². The Hall–Kier alpha value is -2.80. The van der Waals surface area contributed by atoms with Crippen LogP contribution in [-0.4, -0.2) is 28.8 Å². The minimum Gasteiger partial charge on any atom is -0.494 e. The minimum absolute atomic E-state index is 0.0163. The molecule has 2 aromatic rings. The van der Waals surface area contributed by atoms with Crippen LogP contribution in [0.15, 0.2) is 54.6 Å². The number of anilines is 2. The molecule has 1 saturated heterocycles. The summed E-state index contributed by atoms with van der Waals surface area (Å²) >= 11 is 1.10. The second-order valence-corrected chi connectivity index (χ2v) is 6.82. The lowest BCUT2D eigenvalue weighted by Gasteiger charge is -2.15. The summed E-state index contributed by atoms with van der Waals surface area (Å²) in [5.74, 6) is 0.231. The lowest BCUT2D eigenvalue weighted by Crippen LogP contribution is -2.33. The van der Waals surface area contributed by atoms with E-state index >= 15 is 0 Å². The minimum atomic E-state index is -0.592. The third-order valence-electron chi connectivity index (χ3n) is 3.79. The molecule has 7 heteroatoms. The Balaban J connectivity index is 1.61. The number of ether oxygens (including phenoxy) is 1. The zero-order valence-corrected chi connectivity index (χ0v) is 15.1. The topological polar surface area (TPSA) is 82.5 Å². The van der Waals surface area contributed by atoms with Gasteiger partial charge in [0.15, 0.2) is 5.17 Å². The van der Waals surface area contributed by atoms with E-state index in [9.17, 15) is 9.59 Å². The molecular weight excluding hydrogens is 350 g/mol. The van der Waals surface area contributed by atoms with Gasteiger partial charge in [-0.15, -0.1) is 0 Å². The summed E-state index contributed by atoms with van der Waals surface area (Å²) in [4.78, 5) is 26.2. The van der Waals surface area contributed by atoms with E-state index in [1.807, 2.05) is 25.1 Å². The number of carbonyl (C=O) groups excluding carboxylic acids is 2. The van der Waals surface area contributed by atoms with Gasteiger partial charge in [0.1, 0.15) is 11.0 Å². The van der Waals surface area contributed by atoms with Crippen molar-refractivity contribution < 1.29 is 14.3 Å². The number of benzene rings is 2. The quantitative estimate of drug-likeness (QED) is 0.816. The second-order valence-electron chi connectivity index (χ2n) is 5.63. The van der Waals surface area contributed by atoms with Crippen LogP contribution in [0.5, 0.6) is 5.75 Å². The summed E-state index contributed by atoms with van der Waals surface area (Å²) in [7, 11) is 0. The number of hydrogen-bond donors (Lipinski definition) is 2. The summed E-state index contributed by atoms with van der Waals surface area (Å²) in [6.07, 6.45) is 0.0163. The Morgan fingerprint density at radius 3 is 2.54 bits per heavy atom. The number of carbonyl (C=O) groups is 2. The number of nitrogens with zero attached hydrogens (tertiary/aromatic N) is 1. The number of rotatable bonds is 6. The van der Waals surface area contributed by atoms with Gasteiger partial charge in [0.25, 0.3) is 0 Å². The summed E-state index contributed by atoms with van der Waals surface area (Å²) in [6.45, 7) is 2.48. The van der Waals surface area contributed by atoms with Gasteiger partial charge in [0.2, 0.25) is 11.8 Å². The van der Waals surface area contributed by atoms with Gasteiger partial charge in [-0.25, -0.2) is 0 Å². The molecule has 0 saturated carbocycles. The second kappa shape index (κ2) is 8.05.